The maximum absolute atomic E-state index is 6.16. The van der Waals surface area contributed by atoms with Gasteiger partial charge in [-0.3, -0.25) is 0 Å². The fourth-order valence-corrected chi connectivity index (χ4v) is 2.30. The van der Waals surface area contributed by atoms with Gasteiger partial charge in [0.1, 0.15) is 17.5 Å². The highest BCUT2D eigenvalue weighted by Gasteiger charge is 2.05. The molecule has 0 unspecified atom stereocenters. The molecular weight excluding hydrogens is 307 g/mol. The van der Waals surface area contributed by atoms with Crippen molar-refractivity contribution in [3.05, 3.63) is 40.1 Å². The van der Waals surface area contributed by atoms with Gasteiger partial charge in [-0.25, -0.2) is 9.97 Å². The lowest BCUT2D eigenvalue weighted by Gasteiger charge is -2.11. The Balaban J connectivity index is 2.15. The van der Waals surface area contributed by atoms with Crippen LogP contribution in [0.25, 0.3) is 0 Å². The fourth-order valence-electron chi connectivity index (χ4n) is 1.84. The molecule has 112 valence electrons. The van der Waals surface area contributed by atoms with Crippen LogP contribution >= 0.6 is 23.2 Å². The first-order chi connectivity index (χ1) is 10.1. The lowest BCUT2D eigenvalue weighted by molar-refractivity contribution is 0.829. The number of nitrogens with one attached hydrogen (secondary N) is 2. The summed E-state index contributed by atoms with van der Waals surface area (Å²) < 4.78 is 0. The Kier molecular flexibility index (Phi) is 5.65. The second-order valence-electron chi connectivity index (χ2n) is 4.72. The molecule has 2 rings (SSSR count). The minimum absolute atomic E-state index is 0.555. The van der Waals surface area contributed by atoms with E-state index in [1.54, 1.807) is 12.1 Å². The van der Waals surface area contributed by atoms with E-state index in [0.29, 0.717) is 21.7 Å². The van der Waals surface area contributed by atoms with E-state index in [4.69, 9.17) is 23.2 Å². The first-order valence-corrected chi connectivity index (χ1v) is 7.65. The van der Waals surface area contributed by atoms with E-state index in [1.807, 2.05) is 19.1 Å². The summed E-state index contributed by atoms with van der Waals surface area (Å²) in [5.74, 6) is 2.21. The Morgan fingerprint density at radius 3 is 2.57 bits per heavy atom. The fraction of sp³-hybridized carbons (Fsp3) is 0.333. The third-order valence-corrected chi connectivity index (χ3v) is 3.42. The monoisotopic (exact) mass is 324 g/mol. The molecule has 1 heterocycles. The van der Waals surface area contributed by atoms with E-state index in [-0.39, 0.29) is 0 Å². The number of aromatic nitrogens is 2. The predicted octanol–water partition coefficient (Wildman–Crippen LogP) is 5.05. The molecule has 6 heteroatoms. The first-order valence-electron chi connectivity index (χ1n) is 6.90. The van der Waals surface area contributed by atoms with Crippen LogP contribution in [0.3, 0.4) is 0 Å². The molecule has 0 fully saturated rings. The molecule has 2 aromatic rings. The lowest BCUT2D eigenvalue weighted by atomic mass is 10.3. The first kappa shape index (κ1) is 15.9. The predicted molar refractivity (Wildman–Crippen MR) is 89.9 cm³/mol. The van der Waals surface area contributed by atoms with Crippen molar-refractivity contribution < 1.29 is 0 Å². The van der Waals surface area contributed by atoms with Crippen LogP contribution < -0.4 is 10.6 Å². The molecule has 0 aliphatic heterocycles. The van der Waals surface area contributed by atoms with Crippen LogP contribution in [0.15, 0.2) is 24.3 Å². The maximum Gasteiger partial charge on any atom is 0.136 e. The third kappa shape index (κ3) is 4.76. The van der Waals surface area contributed by atoms with Gasteiger partial charge < -0.3 is 10.6 Å². The summed E-state index contributed by atoms with van der Waals surface area (Å²) in [6.07, 6.45) is 2.25. The Bertz CT molecular complexity index is 617. The van der Waals surface area contributed by atoms with E-state index in [9.17, 15) is 0 Å². The summed E-state index contributed by atoms with van der Waals surface area (Å²) in [6, 6.07) is 7.17. The number of unbranched alkanes of at least 4 members (excludes halogenated alkanes) is 1. The maximum atomic E-state index is 6.16. The average molecular weight is 325 g/mol. The van der Waals surface area contributed by atoms with Crippen molar-refractivity contribution in [2.75, 3.05) is 17.2 Å². The van der Waals surface area contributed by atoms with Crippen LogP contribution in [-0.2, 0) is 0 Å². The van der Waals surface area contributed by atoms with Crippen LogP contribution in [0.2, 0.25) is 10.0 Å². The Hall–Kier alpha value is -1.52. The Labute approximate surface area is 134 Å². The van der Waals surface area contributed by atoms with Gasteiger partial charge in [0, 0.05) is 17.6 Å². The van der Waals surface area contributed by atoms with Crippen molar-refractivity contribution in [1.29, 1.82) is 0 Å². The van der Waals surface area contributed by atoms with E-state index in [1.165, 1.54) is 0 Å². The standard InChI is InChI=1S/C15H18Cl2N4/c1-3-4-7-18-14-9-15(20-10(2)19-14)21-13-6-5-11(16)8-12(13)17/h5-6,8-9H,3-4,7H2,1-2H3,(H2,18,19,20,21). The van der Waals surface area contributed by atoms with E-state index in [2.05, 4.69) is 27.5 Å². The molecule has 0 aliphatic rings. The molecule has 0 spiro atoms. The van der Waals surface area contributed by atoms with Crippen molar-refractivity contribution in [1.82, 2.24) is 9.97 Å². The zero-order valence-electron chi connectivity index (χ0n) is 12.1. The number of aryl methyl sites for hydroxylation is 1. The Morgan fingerprint density at radius 1 is 1.10 bits per heavy atom. The molecule has 0 radical (unpaired) electrons. The van der Waals surface area contributed by atoms with Gasteiger partial charge in [0.2, 0.25) is 0 Å². The molecule has 1 aromatic heterocycles. The second kappa shape index (κ2) is 7.48. The topological polar surface area (TPSA) is 49.8 Å². The smallest absolute Gasteiger partial charge is 0.136 e. The molecule has 0 amide bonds. The molecule has 0 bridgehead atoms. The summed E-state index contributed by atoms with van der Waals surface area (Å²) in [7, 11) is 0. The number of anilines is 3. The highest BCUT2D eigenvalue weighted by atomic mass is 35.5. The largest absolute Gasteiger partial charge is 0.370 e. The minimum atomic E-state index is 0.555. The number of nitrogens with zero attached hydrogens (tertiary/aromatic N) is 2. The van der Waals surface area contributed by atoms with E-state index >= 15 is 0 Å². The zero-order chi connectivity index (χ0) is 15.2. The molecule has 4 nitrogen and oxygen atoms in total. The number of hydrogen-bond donors (Lipinski definition) is 2. The molecule has 2 N–H and O–H groups in total. The van der Waals surface area contributed by atoms with Crippen molar-refractivity contribution in [3.8, 4) is 0 Å². The van der Waals surface area contributed by atoms with Crippen molar-refractivity contribution in [2.24, 2.45) is 0 Å². The number of halogens is 2. The molecule has 0 saturated carbocycles. The van der Waals surface area contributed by atoms with E-state index in [0.717, 1.165) is 30.9 Å². The van der Waals surface area contributed by atoms with Crippen LogP contribution in [-0.4, -0.2) is 16.5 Å². The molecule has 21 heavy (non-hydrogen) atoms. The minimum Gasteiger partial charge on any atom is -0.370 e. The summed E-state index contributed by atoms with van der Waals surface area (Å²) in [6.45, 7) is 4.91. The zero-order valence-corrected chi connectivity index (χ0v) is 13.6. The van der Waals surface area contributed by atoms with E-state index < -0.39 is 0 Å². The van der Waals surface area contributed by atoms with Gasteiger partial charge in [0.05, 0.1) is 10.7 Å². The Morgan fingerprint density at radius 2 is 1.86 bits per heavy atom. The van der Waals surface area contributed by atoms with Crippen LogP contribution in [0.4, 0.5) is 17.3 Å². The van der Waals surface area contributed by atoms with Crippen molar-refractivity contribution >= 4 is 40.5 Å². The van der Waals surface area contributed by atoms with Gasteiger partial charge in [0.25, 0.3) is 0 Å². The third-order valence-electron chi connectivity index (χ3n) is 2.87. The van der Waals surface area contributed by atoms with Gasteiger partial charge in [-0.2, -0.15) is 0 Å². The normalized spacial score (nSPS) is 10.5. The molecule has 0 saturated heterocycles. The molecule has 1 aromatic carbocycles. The van der Waals surface area contributed by atoms with Crippen LogP contribution in [0.1, 0.15) is 25.6 Å². The molecule has 0 atom stereocenters. The van der Waals surface area contributed by atoms with Crippen molar-refractivity contribution in [2.45, 2.75) is 26.7 Å². The van der Waals surface area contributed by atoms with Crippen LogP contribution in [0, 0.1) is 6.92 Å². The number of hydrogen-bond acceptors (Lipinski definition) is 4. The van der Waals surface area contributed by atoms with Crippen LogP contribution in [0.5, 0.6) is 0 Å². The highest BCUT2D eigenvalue weighted by molar-refractivity contribution is 6.36. The summed E-state index contributed by atoms with van der Waals surface area (Å²) in [5, 5.41) is 7.64. The second-order valence-corrected chi connectivity index (χ2v) is 5.56. The van der Waals surface area contributed by atoms with Gasteiger partial charge >= 0.3 is 0 Å². The van der Waals surface area contributed by atoms with Gasteiger partial charge in [0.15, 0.2) is 0 Å². The van der Waals surface area contributed by atoms with Crippen molar-refractivity contribution in [3.63, 3.8) is 0 Å². The van der Waals surface area contributed by atoms with Gasteiger partial charge in [-0.15, -0.1) is 0 Å². The summed E-state index contributed by atoms with van der Waals surface area (Å²) in [5.41, 5.74) is 0.763. The highest BCUT2D eigenvalue weighted by Crippen LogP contribution is 2.28. The molecular formula is C15H18Cl2N4. The van der Waals surface area contributed by atoms with Gasteiger partial charge in [-0.05, 0) is 31.5 Å². The number of benzene rings is 1. The lowest BCUT2D eigenvalue weighted by Crippen LogP contribution is -2.06. The SMILES string of the molecule is CCCCNc1cc(Nc2ccc(Cl)cc2Cl)nc(C)n1. The number of rotatable bonds is 6. The molecule has 0 aliphatic carbocycles. The summed E-state index contributed by atoms with van der Waals surface area (Å²) in [4.78, 5) is 8.73. The average Bonchev–Trinajstić information content (AvgIpc) is 2.42. The quantitative estimate of drug-likeness (QED) is 0.730. The summed E-state index contributed by atoms with van der Waals surface area (Å²) >= 11 is 12.0. The van der Waals surface area contributed by atoms with Gasteiger partial charge in [-0.1, -0.05) is 36.5 Å².